The second-order valence-corrected chi connectivity index (χ2v) is 5.30. The summed E-state index contributed by atoms with van der Waals surface area (Å²) in [5.74, 6) is -1.22. The van der Waals surface area contributed by atoms with Gasteiger partial charge in [-0.1, -0.05) is 0 Å². The van der Waals surface area contributed by atoms with Crippen LogP contribution in [0.15, 0.2) is 11.4 Å². The number of aliphatic carboxylic acids is 1. The van der Waals surface area contributed by atoms with Crippen molar-refractivity contribution in [2.45, 2.75) is 25.5 Å². The fourth-order valence-corrected chi connectivity index (χ4v) is 2.81. The molecule has 18 heavy (non-hydrogen) atoms. The van der Waals surface area contributed by atoms with Gasteiger partial charge in [0.2, 0.25) is 0 Å². The standard InChI is InChI=1S/C12H15NO4S/c1-17-6-7-2-3-18-10(7)11(14)13-9-4-8(5-9)12(15)16/h2-3,8-9H,4-6H2,1H3,(H,13,14)(H,15,16). The number of carbonyl (C=O) groups excluding carboxylic acids is 1. The van der Waals surface area contributed by atoms with Crippen molar-refractivity contribution in [3.8, 4) is 0 Å². The van der Waals surface area contributed by atoms with Gasteiger partial charge in [-0.2, -0.15) is 0 Å². The van der Waals surface area contributed by atoms with E-state index in [9.17, 15) is 9.59 Å². The molecular formula is C12H15NO4S. The molecule has 0 atom stereocenters. The van der Waals surface area contributed by atoms with E-state index in [2.05, 4.69) is 5.32 Å². The minimum atomic E-state index is -0.781. The van der Waals surface area contributed by atoms with E-state index in [1.54, 1.807) is 7.11 Å². The van der Waals surface area contributed by atoms with Crippen LogP contribution >= 0.6 is 11.3 Å². The van der Waals surface area contributed by atoms with Gasteiger partial charge in [0.15, 0.2) is 0 Å². The lowest BCUT2D eigenvalue weighted by atomic mass is 9.80. The third-order valence-corrected chi connectivity index (χ3v) is 4.03. The van der Waals surface area contributed by atoms with Crippen molar-refractivity contribution in [3.63, 3.8) is 0 Å². The van der Waals surface area contributed by atoms with E-state index in [4.69, 9.17) is 9.84 Å². The first kappa shape index (κ1) is 13.0. The monoisotopic (exact) mass is 269 g/mol. The summed E-state index contributed by atoms with van der Waals surface area (Å²) in [5.41, 5.74) is 0.870. The molecule has 1 aromatic rings. The van der Waals surface area contributed by atoms with Crippen molar-refractivity contribution in [2.75, 3.05) is 7.11 Å². The van der Waals surface area contributed by atoms with Crippen molar-refractivity contribution in [1.82, 2.24) is 5.32 Å². The van der Waals surface area contributed by atoms with Gasteiger partial charge in [0, 0.05) is 18.7 Å². The van der Waals surface area contributed by atoms with Crippen LogP contribution in [0.2, 0.25) is 0 Å². The number of hydrogen-bond acceptors (Lipinski definition) is 4. The molecule has 98 valence electrons. The van der Waals surface area contributed by atoms with Gasteiger partial charge in [0.1, 0.15) is 0 Å². The molecule has 1 saturated carbocycles. The van der Waals surface area contributed by atoms with Gasteiger partial charge in [0.25, 0.3) is 5.91 Å². The summed E-state index contributed by atoms with van der Waals surface area (Å²) >= 11 is 1.37. The van der Waals surface area contributed by atoms with Crippen LogP contribution in [0.25, 0.3) is 0 Å². The number of methoxy groups -OCH3 is 1. The van der Waals surface area contributed by atoms with Crippen LogP contribution in [-0.2, 0) is 16.1 Å². The molecule has 2 N–H and O–H groups in total. The summed E-state index contributed by atoms with van der Waals surface area (Å²) in [4.78, 5) is 23.3. The number of carboxylic acids is 1. The molecule has 0 bridgehead atoms. The van der Waals surface area contributed by atoms with Gasteiger partial charge in [-0.05, 0) is 24.3 Å². The molecule has 1 heterocycles. The van der Waals surface area contributed by atoms with Crippen molar-refractivity contribution in [3.05, 3.63) is 21.9 Å². The highest BCUT2D eigenvalue weighted by Gasteiger charge is 2.35. The molecule has 1 aliphatic rings. The normalized spacial score (nSPS) is 22.3. The van der Waals surface area contributed by atoms with Gasteiger partial charge in [-0.25, -0.2) is 0 Å². The second kappa shape index (κ2) is 5.49. The van der Waals surface area contributed by atoms with E-state index in [0.29, 0.717) is 24.3 Å². The molecule has 6 heteroatoms. The molecule has 0 unspecified atom stereocenters. The first-order chi connectivity index (χ1) is 8.61. The highest BCUT2D eigenvalue weighted by Crippen LogP contribution is 2.28. The van der Waals surface area contributed by atoms with Crippen molar-refractivity contribution in [2.24, 2.45) is 5.92 Å². The van der Waals surface area contributed by atoms with Crippen LogP contribution in [0.5, 0.6) is 0 Å². The maximum atomic E-state index is 12.0. The predicted octanol–water partition coefficient (Wildman–Crippen LogP) is 1.49. The molecule has 0 aromatic carbocycles. The van der Waals surface area contributed by atoms with Crippen LogP contribution < -0.4 is 5.32 Å². The summed E-state index contributed by atoms with van der Waals surface area (Å²) in [7, 11) is 1.59. The Bertz CT molecular complexity index is 451. The zero-order chi connectivity index (χ0) is 13.1. The zero-order valence-corrected chi connectivity index (χ0v) is 10.8. The maximum absolute atomic E-state index is 12.0. The van der Waals surface area contributed by atoms with Crippen LogP contribution in [0.1, 0.15) is 28.1 Å². The van der Waals surface area contributed by atoms with E-state index in [-0.39, 0.29) is 17.9 Å². The Morgan fingerprint density at radius 3 is 2.89 bits per heavy atom. The van der Waals surface area contributed by atoms with Gasteiger partial charge < -0.3 is 15.2 Å². The number of ether oxygens (including phenoxy) is 1. The molecule has 0 aliphatic heterocycles. The van der Waals surface area contributed by atoms with Crippen LogP contribution in [0.3, 0.4) is 0 Å². The molecule has 1 amide bonds. The topological polar surface area (TPSA) is 75.6 Å². The van der Waals surface area contributed by atoms with E-state index >= 15 is 0 Å². The summed E-state index contributed by atoms with van der Waals surface area (Å²) in [6, 6.07) is 1.85. The molecule has 0 radical (unpaired) electrons. The van der Waals surface area contributed by atoms with Crippen molar-refractivity contribution >= 4 is 23.2 Å². The summed E-state index contributed by atoms with van der Waals surface area (Å²) in [6.45, 7) is 0.411. The number of rotatable bonds is 5. The molecule has 0 saturated heterocycles. The molecule has 1 aromatic heterocycles. The summed E-state index contributed by atoms with van der Waals surface area (Å²) in [6.07, 6.45) is 1.04. The highest BCUT2D eigenvalue weighted by atomic mass is 32.1. The molecule has 5 nitrogen and oxygen atoms in total. The largest absolute Gasteiger partial charge is 0.481 e. The Morgan fingerprint density at radius 1 is 1.56 bits per heavy atom. The molecule has 0 spiro atoms. The quantitative estimate of drug-likeness (QED) is 0.849. The lowest BCUT2D eigenvalue weighted by molar-refractivity contribution is -0.145. The Hall–Kier alpha value is -1.40. The van der Waals surface area contributed by atoms with Gasteiger partial charge >= 0.3 is 5.97 Å². The summed E-state index contributed by atoms with van der Waals surface area (Å²) in [5, 5.41) is 13.5. The summed E-state index contributed by atoms with van der Waals surface area (Å²) < 4.78 is 5.02. The number of hydrogen-bond donors (Lipinski definition) is 2. The highest BCUT2D eigenvalue weighted by molar-refractivity contribution is 7.12. The Kier molecular flexibility index (Phi) is 3.98. The van der Waals surface area contributed by atoms with E-state index in [0.717, 1.165) is 5.56 Å². The number of carbonyl (C=O) groups is 2. The number of carboxylic acid groups (broad SMARTS) is 1. The molecular weight excluding hydrogens is 254 g/mol. The first-order valence-corrected chi connectivity index (χ1v) is 6.58. The minimum Gasteiger partial charge on any atom is -0.481 e. The fraction of sp³-hybridized carbons (Fsp3) is 0.500. The SMILES string of the molecule is COCc1ccsc1C(=O)NC1CC(C(=O)O)C1. The van der Waals surface area contributed by atoms with Crippen LogP contribution in [-0.4, -0.2) is 30.1 Å². The van der Waals surface area contributed by atoms with Crippen LogP contribution in [0.4, 0.5) is 0 Å². The number of thiophene rings is 1. The Balaban J connectivity index is 1.89. The lowest BCUT2D eigenvalue weighted by Gasteiger charge is -2.32. The van der Waals surface area contributed by atoms with Gasteiger partial charge in [0.05, 0.1) is 17.4 Å². The third-order valence-electron chi connectivity index (χ3n) is 3.08. The molecule has 2 rings (SSSR count). The Labute approximate surface area is 109 Å². The first-order valence-electron chi connectivity index (χ1n) is 5.70. The zero-order valence-electron chi connectivity index (χ0n) is 10.0. The molecule has 1 fully saturated rings. The van der Waals surface area contributed by atoms with Crippen LogP contribution in [0, 0.1) is 5.92 Å². The minimum absolute atomic E-state index is 0.0175. The lowest BCUT2D eigenvalue weighted by Crippen LogP contribution is -2.46. The van der Waals surface area contributed by atoms with Gasteiger partial charge in [-0.3, -0.25) is 9.59 Å². The Morgan fingerprint density at radius 2 is 2.28 bits per heavy atom. The van der Waals surface area contributed by atoms with Gasteiger partial charge in [-0.15, -0.1) is 11.3 Å². The number of nitrogens with one attached hydrogen (secondary N) is 1. The van der Waals surface area contributed by atoms with E-state index in [1.807, 2.05) is 11.4 Å². The van der Waals surface area contributed by atoms with Crippen molar-refractivity contribution < 1.29 is 19.4 Å². The maximum Gasteiger partial charge on any atom is 0.306 e. The van der Waals surface area contributed by atoms with Crippen molar-refractivity contribution in [1.29, 1.82) is 0 Å². The average molecular weight is 269 g/mol. The average Bonchev–Trinajstić information content (AvgIpc) is 2.70. The third kappa shape index (κ3) is 2.70. The molecule has 1 aliphatic carbocycles. The smallest absolute Gasteiger partial charge is 0.306 e. The van der Waals surface area contributed by atoms with E-state index < -0.39 is 5.97 Å². The van der Waals surface area contributed by atoms with E-state index in [1.165, 1.54) is 11.3 Å². The predicted molar refractivity (Wildman–Crippen MR) is 66.6 cm³/mol. The number of amides is 1. The second-order valence-electron chi connectivity index (χ2n) is 4.38. The fourth-order valence-electron chi connectivity index (χ4n) is 1.99.